The molecule has 7 heteroatoms. The summed E-state index contributed by atoms with van der Waals surface area (Å²) in [7, 11) is 0. The molecule has 2 aromatic rings. The number of nitrogens with zero attached hydrogens (tertiary/aromatic N) is 1. The molecule has 116 valence electrons. The highest BCUT2D eigenvalue weighted by Gasteiger charge is 2.47. The van der Waals surface area contributed by atoms with Gasteiger partial charge in [-0.2, -0.15) is 0 Å². The van der Waals surface area contributed by atoms with Crippen molar-refractivity contribution in [1.29, 1.82) is 0 Å². The average molecular weight is 321 g/mol. The van der Waals surface area contributed by atoms with Crippen LogP contribution in [0.15, 0.2) is 12.1 Å². The maximum atomic E-state index is 13.9. The second kappa shape index (κ2) is 4.89. The van der Waals surface area contributed by atoms with Gasteiger partial charge >= 0.3 is 0 Å². The highest BCUT2D eigenvalue weighted by molar-refractivity contribution is 7.71. The van der Waals surface area contributed by atoms with E-state index in [0.717, 1.165) is 19.3 Å². The number of carbonyl (C=O) groups excluding carboxylic acids is 1. The minimum absolute atomic E-state index is 0.155. The van der Waals surface area contributed by atoms with Crippen LogP contribution >= 0.6 is 12.2 Å². The van der Waals surface area contributed by atoms with Gasteiger partial charge in [0.05, 0.1) is 35.3 Å². The highest BCUT2D eigenvalue weighted by atomic mass is 32.1. The average Bonchev–Trinajstić information content (AvgIpc) is 2.84. The Kier molecular flexibility index (Phi) is 3.09. The molecule has 5 nitrogen and oxygen atoms in total. The van der Waals surface area contributed by atoms with Crippen molar-refractivity contribution in [1.82, 2.24) is 14.9 Å². The van der Waals surface area contributed by atoms with Gasteiger partial charge in [-0.25, -0.2) is 4.39 Å². The number of benzene rings is 1. The number of fused-ring (bicyclic) bond motifs is 1. The number of H-pyrrole nitrogens is 2. The third kappa shape index (κ3) is 1.99. The molecule has 2 fully saturated rings. The van der Waals surface area contributed by atoms with Gasteiger partial charge in [0.1, 0.15) is 5.82 Å². The number of imidazole rings is 1. The number of hydrogen-bond acceptors (Lipinski definition) is 3. The van der Waals surface area contributed by atoms with Crippen molar-refractivity contribution in [3.63, 3.8) is 0 Å². The molecule has 1 amide bonds. The predicted octanol–water partition coefficient (Wildman–Crippen LogP) is 2.76. The molecule has 1 spiro atoms. The quantitative estimate of drug-likeness (QED) is 0.794. The summed E-state index contributed by atoms with van der Waals surface area (Å²) < 4.78 is 19.8. The Morgan fingerprint density at radius 2 is 2.18 bits per heavy atom. The molecular weight excluding hydrogens is 305 g/mol. The standard InChI is InChI=1S/C15H16FN3O2S/c16-9-6-10(12-11(7-9)17-14(22)18-12)13(20)19-4-5-21-8-15(19)2-1-3-15/h6-7H,1-5,8H2,(H2,17,18,22). The van der Waals surface area contributed by atoms with Crippen LogP contribution in [0, 0.1) is 10.6 Å². The lowest BCUT2D eigenvalue weighted by atomic mass is 9.75. The molecule has 22 heavy (non-hydrogen) atoms. The van der Waals surface area contributed by atoms with Gasteiger partial charge in [0.25, 0.3) is 5.91 Å². The summed E-state index contributed by atoms with van der Waals surface area (Å²) in [5, 5.41) is 0. The van der Waals surface area contributed by atoms with Crippen LogP contribution < -0.4 is 0 Å². The Hall–Kier alpha value is -1.73. The molecule has 1 aliphatic heterocycles. The summed E-state index contributed by atoms with van der Waals surface area (Å²) >= 11 is 5.06. The van der Waals surface area contributed by atoms with Crippen molar-refractivity contribution in [2.24, 2.45) is 0 Å². The maximum Gasteiger partial charge on any atom is 0.256 e. The van der Waals surface area contributed by atoms with Crippen LogP contribution in [0.2, 0.25) is 0 Å². The van der Waals surface area contributed by atoms with E-state index in [1.165, 1.54) is 12.1 Å². The normalized spacial score (nSPS) is 20.3. The van der Waals surface area contributed by atoms with Crippen LogP contribution in [0.25, 0.3) is 11.0 Å². The van der Waals surface area contributed by atoms with E-state index in [4.69, 9.17) is 17.0 Å². The first-order valence-electron chi connectivity index (χ1n) is 7.40. The van der Waals surface area contributed by atoms with Crippen molar-refractivity contribution in [3.8, 4) is 0 Å². The zero-order chi connectivity index (χ0) is 15.3. The SMILES string of the molecule is O=C(c1cc(F)cc2[nH]c(=S)[nH]c12)N1CCOCC12CCC2. The maximum absolute atomic E-state index is 13.9. The number of ether oxygens (including phenoxy) is 1. The smallest absolute Gasteiger partial charge is 0.256 e. The number of morpholine rings is 1. The third-order valence-corrected chi connectivity index (χ3v) is 4.96. The van der Waals surface area contributed by atoms with Crippen LogP contribution in [0.1, 0.15) is 29.6 Å². The predicted molar refractivity (Wildman–Crippen MR) is 81.9 cm³/mol. The van der Waals surface area contributed by atoms with E-state index in [0.29, 0.717) is 41.1 Å². The molecule has 2 N–H and O–H groups in total. The minimum Gasteiger partial charge on any atom is -0.377 e. The number of rotatable bonds is 1. The van der Waals surface area contributed by atoms with Crippen LogP contribution in [0.5, 0.6) is 0 Å². The number of carbonyl (C=O) groups is 1. The fourth-order valence-corrected chi connectivity index (χ4v) is 3.68. The van der Waals surface area contributed by atoms with Crippen LogP contribution in [-0.4, -0.2) is 46.1 Å². The molecule has 1 saturated carbocycles. The number of aromatic nitrogens is 2. The van der Waals surface area contributed by atoms with Gasteiger partial charge in [-0.05, 0) is 43.6 Å². The van der Waals surface area contributed by atoms with E-state index in [9.17, 15) is 9.18 Å². The molecule has 1 saturated heterocycles. The van der Waals surface area contributed by atoms with Crippen molar-refractivity contribution >= 4 is 29.2 Å². The van der Waals surface area contributed by atoms with E-state index >= 15 is 0 Å². The van der Waals surface area contributed by atoms with E-state index in [1.807, 2.05) is 4.90 Å². The summed E-state index contributed by atoms with van der Waals surface area (Å²) in [5.74, 6) is -0.602. The van der Waals surface area contributed by atoms with Gasteiger partial charge in [0.2, 0.25) is 0 Å². The van der Waals surface area contributed by atoms with Crippen molar-refractivity contribution in [2.45, 2.75) is 24.8 Å². The first-order chi connectivity index (χ1) is 10.6. The lowest BCUT2D eigenvalue weighted by Gasteiger charge is -2.52. The molecule has 2 heterocycles. The van der Waals surface area contributed by atoms with Gasteiger partial charge in [0, 0.05) is 6.54 Å². The van der Waals surface area contributed by atoms with Crippen LogP contribution in [0.3, 0.4) is 0 Å². The molecule has 1 aromatic carbocycles. The van der Waals surface area contributed by atoms with Crippen LogP contribution in [-0.2, 0) is 4.74 Å². The molecule has 4 rings (SSSR count). The molecule has 0 bridgehead atoms. The Morgan fingerprint density at radius 1 is 1.36 bits per heavy atom. The Balaban J connectivity index is 1.80. The summed E-state index contributed by atoms with van der Waals surface area (Å²) in [4.78, 5) is 20.7. The first-order valence-corrected chi connectivity index (χ1v) is 7.81. The largest absolute Gasteiger partial charge is 0.377 e. The zero-order valence-electron chi connectivity index (χ0n) is 11.9. The Morgan fingerprint density at radius 3 is 2.91 bits per heavy atom. The second-order valence-electron chi connectivity index (χ2n) is 6.04. The fraction of sp³-hybridized carbons (Fsp3) is 0.467. The molecule has 2 aliphatic rings. The summed E-state index contributed by atoms with van der Waals surface area (Å²) in [6.45, 7) is 1.64. The minimum atomic E-state index is -0.447. The third-order valence-electron chi connectivity index (χ3n) is 4.75. The van der Waals surface area contributed by atoms with Gasteiger partial charge in [-0.3, -0.25) is 4.79 Å². The lowest BCUT2D eigenvalue weighted by molar-refractivity contribution is -0.0876. The fourth-order valence-electron chi connectivity index (χ4n) is 3.47. The number of halogens is 1. The molecule has 1 aromatic heterocycles. The van der Waals surface area contributed by atoms with Gasteiger partial charge < -0.3 is 19.6 Å². The molecule has 0 radical (unpaired) electrons. The molecular formula is C15H16FN3O2S. The van der Waals surface area contributed by atoms with Crippen molar-refractivity contribution in [2.75, 3.05) is 19.8 Å². The van der Waals surface area contributed by atoms with Crippen molar-refractivity contribution < 1.29 is 13.9 Å². The topological polar surface area (TPSA) is 61.1 Å². The van der Waals surface area contributed by atoms with Gasteiger partial charge in [-0.1, -0.05) is 0 Å². The summed E-state index contributed by atoms with van der Waals surface area (Å²) in [6.07, 6.45) is 2.99. The number of nitrogens with one attached hydrogen (secondary N) is 2. The monoisotopic (exact) mass is 321 g/mol. The molecule has 0 atom stereocenters. The summed E-state index contributed by atoms with van der Waals surface area (Å²) in [6, 6.07) is 2.63. The lowest BCUT2D eigenvalue weighted by Crippen LogP contribution is -2.62. The first kappa shape index (κ1) is 13.9. The number of aromatic amines is 2. The van der Waals surface area contributed by atoms with E-state index in [2.05, 4.69) is 9.97 Å². The highest BCUT2D eigenvalue weighted by Crippen LogP contribution is 2.40. The van der Waals surface area contributed by atoms with Crippen LogP contribution in [0.4, 0.5) is 4.39 Å². The number of amides is 1. The van der Waals surface area contributed by atoms with Gasteiger partial charge in [0.15, 0.2) is 4.77 Å². The zero-order valence-corrected chi connectivity index (χ0v) is 12.8. The molecule has 1 aliphatic carbocycles. The van der Waals surface area contributed by atoms with E-state index in [1.54, 1.807) is 0 Å². The van der Waals surface area contributed by atoms with Crippen molar-refractivity contribution in [3.05, 3.63) is 28.3 Å². The molecule has 0 unspecified atom stereocenters. The number of hydrogen-bond donors (Lipinski definition) is 2. The van der Waals surface area contributed by atoms with E-state index < -0.39 is 5.82 Å². The second-order valence-corrected chi connectivity index (χ2v) is 6.45. The van der Waals surface area contributed by atoms with E-state index in [-0.39, 0.29) is 11.4 Å². The Bertz CT molecular complexity index is 809. The Labute approximate surface area is 131 Å². The van der Waals surface area contributed by atoms with Gasteiger partial charge in [-0.15, -0.1) is 0 Å². The summed E-state index contributed by atoms with van der Waals surface area (Å²) in [5.41, 5.74) is 1.21.